The third-order valence-electron chi connectivity index (χ3n) is 7.92. The van der Waals surface area contributed by atoms with E-state index in [9.17, 15) is 24.3 Å². The predicted molar refractivity (Wildman–Crippen MR) is 133 cm³/mol. The first-order valence-corrected chi connectivity index (χ1v) is 12.6. The molecule has 2 aliphatic heterocycles. The Morgan fingerprint density at radius 2 is 1.59 bits per heavy atom. The van der Waals surface area contributed by atoms with E-state index in [4.69, 9.17) is 9.47 Å². The molecule has 1 aliphatic carbocycles. The number of carboxylic acids is 1. The van der Waals surface area contributed by atoms with Crippen molar-refractivity contribution in [3.05, 3.63) is 58.7 Å². The van der Waals surface area contributed by atoms with E-state index in [0.717, 1.165) is 18.4 Å². The molecule has 2 aromatic rings. The molecule has 3 atom stereocenters. The molecule has 194 valence electrons. The summed E-state index contributed by atoms with van der Waals surface area (Å²) in [5.41, 5.74) is 2.27. The van der Waals surface area contributed by atoms with Gasteiger partial charge in [-0.3, -0.25) is 24.1 Å². The maximum Gasteiger partial charge on any atom is 0.307 e. The van der Waals surface area contributed by atoms with Gasteiger partial charge in [-0.1, -0.05) is 31.0 Å². The molecule has 37 heavy (non-hydrogen) atoms. The Kier molecular flexibility index (Phi) is 6.62. The fourth-order valence-corrected chi connectivity index (χ4v) is 6.09. The first-order valence-electron chi connectivity index (χ1n) is 12.6. The molecule has 1 fully saturated rings. The normalized spacial score (nSPS) is 22.9. The number of fused-ring (bicyclic) bond motifs is 2. The molecule has 2 aromatic carbocycles. The Morgan fingerprint density at radius 3 is 2.19 bits per heavy atom. The zero-order valence-corrected chi connectivity index (χ0v) is 20.9. The van der Waals surface area contributed by atoms with Crippen molar-refractivity contribution in [2.75, 3.05) is 27.3 Å². The fourth-order valence-electron chi connectivity index (χ4n) is 6.09. The molecule has 9 heteroatoms. The van der Waals surface area contributed by atoms with Gasteiger partial charge in [-0.25, -0.2) is 0 Å². The van der Waals surface area contributed by atoms with Crippen LogP contribution in [0.2, 0.25) is 0 Å². The first kappa shape index (κ1) is 24.8. The van der Waals surface area contributed by atoms with Crippen molar-refractivity contribution in [3.63, 3.8) is 0 Å². The number of carbonyl (C=O) groups is 4. The van der Waals surface area contributed by atoms with Gasteiger partial charge in [-0.05, 0) is 43.0 Å². The third kappa shape index (κ3) is 4.12. The number of carboxylic acid groups (broad SMARTS) is 1. The molecule has 0 aromatic heterocycles. The van der Waals surface area contributed by atoms with Crippen LogP contribution in [0.25, 0.3) is 0 Å². The van der Waals surface area contributed by atoms with E-state index in [1.54, 1.807) is 35.2 Å². The van der Waals surface area contributed by atoms with E-state index >= 15 is 0 Å². The maximum absolute atomic E-state index is 14.0. The molecule has 3 amide bonds. The van der Waals surface area contributed by atoms with Crippen molar-refractivity contribution in [2.24, 2.45) is 11.8 Å². The van der Waals surface area contributed by atoms with Gasteiger partial charge in [0.15, 0.2) is 11.5 Å². The van der Waals surface area contributed by atoms with E-state index in [2.05, 4.69) is 0 Å². The van der Waals surface area contributed by atoms with Gasteiger partial charge in [-0.2, -0.15) is 0 Å². The molecule has 3 aliphatic rings. The number of hydrogen-bond donors (Lipinski definition) is 1. The van der Waals surface area contributed by atoms with Crippen LogP contribution in [0.15, 0.2) is 36.4 Å². The number of benzene rings is 2. The summed E-state index contributed by atoms with van der Waals surface area (Å²) >= 11 is 0. The zero-order valence-electron chi connectivity index (χ0n) is 20.9. The number of rotatable bonds is 6. The Balaban J connectivity index is 1.58. The Bertz CT molecular complexity index is 1240. The molecule has 5 rings (SSSR count). The lowest BCUT2D eigenvalue weighted by molar-refractivity contribution is -0.153. The maximum atomic E-state index is 14.0. The summed E-state index contributed by atoms with van der Waals surface area (Å²) in [4.78, 5) is 55.3. The molecule has 0 spiro atoms. The monoisotopic (exact) mass is 506 g/mol. The molecule has 1 saturated carbocycles. The van der Waals surface area contributed by atoms with Crippen molar-refractivity contribution >= 4 is 23.7 Å². The van der Waals surface area contributed by atoms with Gasteiger partial charge in [0.1, 0.15) is 0 Å². The van der Waals surface area contributed by atoms with Gasteiger partial charge < -0.3 is 19.5 Å². The average Bonchev–Trinajstić information content (AvgIpc) is 3.16. The Hall–Kier alpha value is -3.88. The van der Waals surface area contributed by atoms with Crippen LogP contribution >= 0.6 is 0 Å². The SMILES string of the molecule is COc1ccc2c(c1OC)C(CN1C(=O)c3ccccc3C1=O)N(C(=O)[C@@H]1CCCC[C@@H]1C(=O)O)CC2. The topological polar surface area (TPSA) is 113 Å². The van der Waals surface area contributed by atoms with Crippen LogP contribution in [-0.2, 0) is 16.0 Å². The number of hydrogen-bond acceptors (Lipinski definition) is 6. The highest BCUT2D eigenvalue weighted by molar-refractivity contribution is 6.21. The van der Waals surface area contributed by atoms with E-state index in [1.165, 1.54) is 19.1 Å². The number of ether oxygens (including phenoxy) is 2. The van der Waals surface area contributed by atoms with E-state index in [1.807, 2.05) is 6.07 Å². The molecular formula is C28H30N2O7. The molecule has 0 saturated heterocycles. The predicted octanol–water partition coefficient (Wildman–Crippen LogP) is 3.32. The molecule has 0 bridgehead atoms. The van der Waals surface area contributed by atoms with Gasteiger partial charge in [0.2, 0.25) is 5.91 Å². The van der Waals surface area contributed by atoms with Crippen LogP contribution in [-0.4, -0.2) is 65.9 Å². The minimum Gasteiger partial charge on any atom is -0.493 e. The first-order chi connectivity index (χ1) is 17.9. The van der Waals surface area contributed by atoms with Crippen LogP contribution in [0.5, 0.6) is 11.5 Å². The average molecular weight is 507 g/mol. The minimum atomic E-state index is -0.966. The number of carbonyl (C=O) groups excluding carboxylic acids is 3. The van der Waals surface area contributed by atoms with Crippen LogP contribution in [0.1, 0.15) is 63.6 Å². The van der Waals surface area contributed by atoms with Crippen LogP contribution in [0.4, 0.5) is 0 Å². The van der Waals surface area contributed by atoms with Gasteiger partial charge in [-0.15, -0.1) is 0 Å². The summed E-state index contributed by atoms with van der Waals surface area (Å²) in [6.07, 6.45) is 3.03. The summed E-state index contributed by atoms with van der Waals surface area (Å²) in [5.74, 6) is -2.55. The van der Waals surface area contributed by atoms with Gasteiger partial charge in [0, 0.05) is 12.1 Å². The van der Waals surface area contributed by atoms with Crippen molar-refractivity contribution < 1.29 is 33.8 Å². The lowest BCUT2D eigenvalue weighted by Crippen LogP contribution is -2.50. The summed E-state index contributed by atoms with van der Waals surface area (Å²) in [6.45, 7) is 0.275. The number of methoxy groups -OCH3 is 2. The van der Waals surface area contributed by atoms with Crippen molar-refractivity contribution in [1.29, 1.82) is 0 Å². The van der Waals surface area contributed by atoms with Crippen molar-refractivity contribution in [3.8, 4) is 11.5 Å². The number of amides is 3. The quantitative estimate of drug-likeness (QED) is 0.598. The number of aliphatic carboxylic acids is 1. The van der Waals surface area contributed by atoms with Crippen LogP contribution in [0, 0.1) is 11.8 Å². The summed E-state index contributed by atoms with van der Waals surface area (Å²) in [6, 6.07) is 9.67. The smallest absolute Gasteiger partial charge is 0.307 e. The number of nitrogens with zero attached hydrogens (tertiary/aromatic N) is 2. The summed E-state index contributed by atoms with van der Waals surface area (Å²) in [5, 5.41) is 9.82. The Labute approximate surface area is 214 Å². The fraction of sp³-hybridized carbons (Fsp3) is 0.429. The van der Waals surface area contributed by atoms with Gasteiger partial charge in [0.25, 0.3) is 11.8 Å². The molecule has 1 unspecified atom stereocenters. The summed E-state index contributed by atoms with van der Waals surface area (Å²) in [7, 11) is 3.04. The largest absolute Gasteiger partial charge is 0.493 e. The van der Waals surface area contributed by atoms with E-state index in [-0.39, 0.29) is 12.5 Å². The molecule has 0 radical (unpaired) electrons. The Morgan fingerprint density at radius 1 is 0.946 bits per heavy atom. The van der Waals surface area contributed by atoms with Crippen LogP contribution < -0.4 is 9.47 Å². The third-order valence-corrected chi connectivity index (χ3v) is 7.92. The standard InChI is InChI=1S/C28H30N2O7/c1-36-22-12-11-16-13-14-29(25(31)19-9-5-6-10-20(19)28(34)35)21(23(16)24(22)37-2)15-30-26(32)17-7-3-4-8-18(17)27(30)33/h3-4,7-8,11-12,19-21H,5-6,9-10,13-15H2,1-2H3,(H,34,35)/t19-,20+,21?/m1/s1. The van der Waals surface area contributed by atoms with E-state index < -0.39 is 35.7 Å². The van der Waals surface area contributed by atoms with Crippen LogP contribution in [0.3, 0.4) is 0 Å². The lowest BCUT2D eigenvalue weighted by Gasteiger charge is -2.42. The zero-order chi connectivity index (χ0) is 26.3. The highest BCUT2D eigenvalue weighted by Gasteiger charge is 2.45. The van der Waals surface area contributed by atoms with E-state index in [0.29, 0.717) is 54.0 Å². The second-order valence-electron chi connectivity index (χ2n) is 9.77. The number of imide groups is 1. The molecular weight excluding hydrogens is 476 g/mol. The second kappa shape index (κ2) is 9.88. The summed E-state index contributed by atoms with van der Waals surface area (Å²) < 4.78 is 11.3. The minimum absolute atomic E-state index is 0.0704. The lowest BCUT2D eigenvalue weighted by atomic mass is 9.77. The highest BCUT2D eigenvalue weighted by Crippen LogP contribution is 2.44. The molecule has 1 N–H and O–H groups in total. The van der Waals surface area contributed by atoms with Gasteiger partial charge in [0.05, 0.1) is 49.8 Å². The van der Waals surface area contributed by atoms with Gasteiger partial charge >= 0.3 is 5.97 Å². The highest BCUT2D eigenvalue weighted by atomic mass is 16.5. The molecule has 9 nitrogen and oxygen atoms in total. The molecule has 2 heterocycles. The van der Waals surface area contributed by atoms with Crippen molar-refractivity contribution in [2.45, 2.75) is 38.1 Å². The van der Waals surface area contributed by atoms with Crippen molar-refractivity contribution in [1.82, 2.24) is 9.80 Å². The second-order valence-corrected chi connectivity index (χ2v) is 9.77.